The van der Waals surface area contributed by atoms with Gasteiger partial charge in [-0.2, -0.15) is 0 Å². The second-order valence-electron chi connectivity index (χ2n) is 29.9. The van der Waals surface area contributed by atoms with Crippen LogP contribution in [0, 0.1) is 0 Å². The van der Waals surface area contributed by atoms with Gasteiger partial charge in [0.1, 0.15) is 49.2 Å². The Morgan fingerprint density at radius 3 is 0.500 bits per heavy atom. The molecule has 0 unspecified atom stereocenters. The lowest BCUT2D eigenvalue weighted by molar-refractivity contribution is -0.936. The van der Waals surface area contributed by atoms with Crippen molar-refractivity contribution in [1.29, 1.82) is 0 Å². The zero-order chi connectivity index (χ0) is 69.7. The molecule has 0 fully saturated rings. The van der Waals surface area contributed by atoms with Crippen LogP contribution in [0.15, 0.2) is 48.5 Å². The first-order chi connectivity index (χ1) is 46.7. The second-order valence-corrected chi connectivity index (χ2v) is 29.9. The highest BCUT2D eigenvalue weighted by Crippen LogP contribution is 2.43. The summed E-state index contributed by atoms with van der Waals surface area (Å²) in [5, 5.41) is 0. The minimum absolute atomic E-state index is 0.712. The normalized spacial score (nSPS) is 13.0. The third kappa shape index (κ3) is 25.2. The summed E-state index contributed by atoms with van der Waals surface area (Å²) >= 11 is 0. The van der Waals surface area contributed by atoms with Crippen molar-refractivity contribution in [3.8, 4) is 23.0 Å². The molecule has 0 saturated carbocycles. The number of fused-ring (bicyclic) bond motifs is 8. The van der Waals surface area contributed by atoms with Crippen molar-refractivity contribution in [3.63, 3.8) is 0 Å². The van der Waals surface area contributed by atoms with E-state index < -0.39 is 0 Å². The summed E-state index contributed by atoms with van der Waals surface area (Å²) in [4.78, 5) is 0. The van der Waals surface area contributed by atoms with Crippen molar-refractivity contribution in [3.05, 3.63) is 115 Å². The maximum atomic E-state index is 7.62. The monoisotopic (exact) mass is 1330 g/mol. The van der Waals surface area contributed by atoms with Gasteiger partial charge in [0.25, 0.3) is 0 Å². The van der Waals surface area contributed by atoms with E-state index in [0.717, 1.165) is 197 Å². The molecule has 8 nitrogen and oxygen atoms in total. The molecule has 5 rings (SSSR count). The van der Waals surface area contributed by atoms with E-state index in [0.29, 0.717) is 26.4 Å². The molecular formula is C88H152N4O4+4. The molecule has 8 heteroatoms. The maximum Gasteiger partial charge on any atom is 0.126 e. The predicted octanol–water partition coefficient (Wildman–Crippen LogP) is 22.8. The molecule has 1 aliphatic carbocycles. The van der Waals surface area contributed by atoms with Crippen LogP contribution < -0.4 is 18.9 Å². The van der Waals surface area contributed by atoms with Gasteiger partial charge in [-0.1, -0.05) is 156 Å². The topological polar surface area (TPSA) is 36.9 Å². The van der Waals surface area contributed by atoms with Gasteiger partial charge in [0.15, 0.2) is 0 Å². The first-order valence-corrected chi connectivity index (χ1v) is 41.2. The molecule has 0 spiro atoms. The Bertz CT molecular complexity index is 2270. The van der Waals surface area contributed by atoms with Crippen LogP contribution in [-0.2, 0) is 51.9 Å². The number of hydrogen-bond donors (Lipinski definition) is 0. The van der Waals surface area contributed by atoms with Crippen LogP contribution in [-0.4, -0.2) is 123 Å². The van der Waals surface area contributed by atoms with Gasteiger partial charge in [-0.3, -0.25) is 0 Å². The highest BCUT2D eigenvalue weighted by molar-refractivity contribution is 5.58. The predicted molar refractivity (Wildman–Crippen MR) is 415 cm³/mol. The van der Waals surface area contributed by atoms with Crippen molar-refractivity contribution in [2.45, 2.75) is 317 Å². The van der Waals surface area contributed by atoms with E-state index in [1.165, 1.54) is 195 Å². The van der Waals surface area contributed by atoms with Gasteiger partial charge in [0.2, 0.25) is 0 Å². The van der Waals surface area contributed by atoms with Crippen LogP contribution in [0.4, 0.5) is 0 Å². The Labute approximate surface area is 593 Å². The largest absolute Gasteiger partial charge is 0.493 e. The fraction of sp³-hybridized carbons (Fsp3) is 0.727. The van der Waals surface area contributed by atoms with E-state index in [2.05, 4.69) is 159 Å². The molecule has 4 aromatic rings. The number of quaternary nitrogens is 4. The third-order valence-corrected chi connectivity index (χ3v) is 23.8. The summed E-state index contributed by atoms with van der Waals surface area (Å²) in [5.74, 6) is 4.37. The van der Waals surface area contributed by atoms with E-state index in [1.807, 2.05) is 0 Å². The molecule has 0 aliphatic heterocycles. The summed E-state index contributed by atoms with van der Waals surface area (Å²) in [7, 11) is 0. The SMILES string of the molecule is CCCCCCCCOc1c2cc(C[N+](CC)(CC)CC)cc1Cc1cc(C[N+](CC)(CC)CC)cc(c1OCCCCCCCC)Cc1cc(C[N+](CC)(CC)CC)cc(c1OCCCCCCCC)Cc1cc(C[N+](CC)(CC)CC)cc(c1OCCCCCCCC)C2. The quantitative estimate of drug-likeness (QED) is 0.0287. The highest BCUT2D eigenvalue weighted by Gasteiger charge is 2.32. The zero-order valence-electron chi connectivity index (χ0n) is 66.0. The number of benzene rings is 4. The van der Waals surface area contributed by atoms with E-state index in [1.54, 1.807) is 0 Å². The standard InChI is InChI=1S/C88H152N4O4/c1-17-33-37-41-45-49-53-93-85-77-57-73(69-89(21-5,22-6)23-7)58-78(85)66-80-60-75(71-91(27-11,28-12)29-13)62-82(87(80)95-55-51-47-43-39-35-19-3)68-84-64-76(72-92(30-14,31-15)32-16)63-83(88(84)96-56-52-48-44-40-36-20-4)67-81-61-74(70-90(24-8,25-9)26-10)59-79(65-77)86(81)94-54-50-46-42-38-34-18-2/h57-64H,17-56,65-72H2,1-16H3/q+4. The van der Waals surface area contributed by atoms with Gasteiger partial charge >= 0.3 is 0 Å². The molecule has 0 aromatic heterocycles. The molecule has 0 amide bonds. The highest BCUT2D eigenvalue weighted by atomic mass is 16.5. The molecule has 8 bridgehead atoms. The number of nitrogens with zero attached hydrogens (tertiary/aromatic N) is 4. The number of unbranched alkanes of at least 4 members (excludes halogenated alkanes) is 20. The molecule has 0 heterocycles. The minimum Gasteiger partial charge on any atom is -0.493 e. The molecule has 96 heavy (non-hydrogen) atoms. The van der Waals surface area contributed by atoms with Gasteiger partial charge in [-0.25, -0.2) is 0 Å². The van der Waals surface area contributed by atoms with Crippen molar-refractivity contribution >= 4 is 0 Å². The van der Waals surface area contributed by atoms with Gasteiger partial charge in [0.05, 0.1) is 105 Å². The van der Waals surface area contributed by atoms with Crippen LogP contribution in [0.1, 0.15) is 332 Å². The molecular weight excluding hydrogens is 1180 g/mol. The van der Waals surface area contributed by atoms with E-state index in [-0.39, 0.29) is 0 Å². The Balaban J connectivity index is 2.05. The van der Waals surface area contributed by atoms with Crippen LogP contribution in [0.5, 0.6) is 23.0 Å². The van der Waals surface area contributed by atoms with Gasteiger partial charge < -0.3 is 36.9 Å². The molecule has 0 N–H and O–H groups in total. The molecule has 1 aliphatic rings. The molecule has 0 atom stereocenters. The number of hydrogen-bond acceptors (Lipinski definition) is 4. The smallest absolute Gasteiger partial charge is 0.126 e. The maximum absolute atomic E-state index is 7.62. The van der Waals surface area contributed by atoms with E-state index in [9.17, 15) is 0 Å². The fourth-order valence-electron chi connectivity index (χ4n) is 16.1. The molecule has 4 aromatic carbocycles. The third-order valence-electron chi connectivity index (χ3n) is 23.8. The molecule has 544 valence electrons. The van der Waals surface area contributed by atoms with Crippen molar-refractivity contribution in [2.75, 3.05) is 105 Å². The zero-order valence-corrected chi connectivity index (χ0v) is 66.0. The van der Waals surface area contributed by atoms with Gasteiger partial charge in [-0.05, 0) is 202 Å². The Kier molecular flexibility index (Phi) is 38.6. The van der Waals surface area contributed by atoms with Gasteiger partial charge in [0, 0.05) is 47.9 Å². The summed E-state index contributed by atoms with van der Waals surface area (Å²) in [5.41, 5.74) is 16.1. The van der Waals surface area contributed by atoms with Crippen LogP contribution in [0.2, 0.25) is 0 Å². The van der Waals surface area contributed by atoms with E-state index >= 15 is 0 Å². The van der Waals surface area contributed by atoms with Crippen molar-refractivity contribution in [1.82, 2.24) is 0 Å². The average Bonchev–Trinajstić information content (AvgIpc) is 0.776. The lowest BCUT2D eigenvalue weighted by Gasteiger charge is -2.37. The summed E-state index contributed by atoms with van der Waals surface area (Å²) < 4.78 is 34.7. The lowest BCUT2D eigenvalue weighted by atomic mass is 9.87. The van der Waals surface area contributed by atoms with Crippen LogP contribution in [0.25, 0.3) is 0 Å². The summed E-state index contributed by atoms with van der Waals surface area (Å²) in [6.45, 7) is 58.2. The van der Waals surface area contributed by atoms with Crippen LogP contribution >= 0.6 is 0 Å². The Morgan fingerprint density at radius 1 is 0.208 bits per heavy atom. The van der Waals surface area contributed by atoms with Crippen molar-refractivity contribution in [2.24, 2.45) is 0 Å². The Hall–Kier alpha value is -4.08. The van der Waals surface area contributed by atoms with E-state index in [4.69, 9.17) is 18.9 Å². The summed E-state index contributed by atoms with van der Waals surface area (Å²) in [6.07, 6.45) is 32.4. The fourth-order valence-corrected chi connectivity index (χ4v) is 16.1. The van der Waals surface area contributed by atoms with Crippen LogP contribution in [0.3, 0.4) is 0 Å². The molecule has 0 saturated heterocycles. The van der Waals surface area contributed by atoms with Gasteiger partial charge in [-0.15, -0.1) is 0 Å². The number of ether oxygens (including phenoxy) is 4. The average molecular weight is 1330 g/mol. The van der Waals surface area contributed by atoms with Crippen molar-refractivity contribution < 1.29 is 36.9 Å². The lowest BCUT2D eigenvalue weighted by Crippen LogP contribution is -2.46. The summed E-state index contributed by atoms with van der Waals surface area (Å²) in [6, 6.07) is 20.9. The second kappa shape index (κ2) is 44.9. The Morgan fingerprint density at radius 2 is 0.354 bits per heavy atom. The number of rotatable bonds is 52. The first kappa shape index (κ1) is 82.6. The molecule has 0 radical (unpaired) electrons. The first-order valence-electron chi connectivity index (χ1n) is 41.2. The minimum atomic E-state index is 0.712.